The first-order valence-electron chi connectivity index (χ1n) is 5.41. The Morgan fingerprint density at radius 3 is 2.22 bits per heavy atom. The van der Waals surface area contributed by atoms with Crippen LogP contribution in [0.2, 0.25) is 0 Å². The predicted molar refractivity (Wildman–Crippen MR) is 80.9 cm³/mol. The third-order valence-electron chi connectivity index (χ3n) is 2.69. The minimum atomic E-state index is -0.495. The van der Waals surface area contributed by atoms with Crippen molar-refractivity contribution in [3.8, 4) is 0 Å². The van der Waals surface area contributed by atoms with Crippen LogP contribution in [0, 0.1) is 15.2 Å². The van der Waals surface area contributed by atoms with Crippen LogP contribution in [0.25, 0.3) is 0 Å². The summed E-state index contributed by atoms with van der Waals surface area (Å²) in [5.41, 5.74) is 1.17. The Morgan fingerprint density at radius 1 is 1.00 bits per heavy atom. The average Bonchev–Trinajstić information content (AvgIpc) is 2.34. The molecular weight excluding hydrogens is 413 g/mol. The highest BCUT2D eigenvalue weighted by Crippen LogP contribution is 2.31. The molecule has 0 radical (unpaired) electrons. The van der Waals surface area contributed by atoms with Gasteiger partial charge in [-0.3, -0.25) is 0 Å². The van der Waals surface area contributed by atoms with E-state index in [0.29, 0.717) is 6.42 Å². The van der Waals surface area contributed by atoms with Gasteiger partial charge in [0.25, 0.3) is 0 Å². The smallest absolute Gasteiger partial charge is 0.129 e. The summed E-state index contributed by atoms with van der Waals surface area (Å²) in [5.74, 6) is -0.990. The Kier molecular flexibility index (Phi) is 4.72. The first kappa shape index (κ1) is 13.9. The van der Waals surface area contributed by atoms with Crippen LogP contribution in [0.4, 0.5) is 8.78 Å². The van der Waals surface area contributed by atoms with Crippen LogP contribution in [-0.4, -0.2) is 0 Å². The second-order valence-electron chi connectivity index (χ2n) is 3.89. The number of benzene rings is 2. The third-order valence-corrected chi connectivity index (χ3v) is 4.49. The van der Waals surface area contributed by atoms with Crippen molar-refractivity contribution in [2.24, 2.45) is 0 Å². The van der Waals surface area contributed by atoms with Gasteiger partial charge >= 0.3 is 0 Å². The molecule has 2 aromatic carbocycles. The molecule has 0 nitrogen and oxygen atoms in total. The summed E-state index contributed by atoms with van der Waals surface area (Å²) in [5, 5.41) is 0. The van der Waals surface area contributed by atoms with Crippen LogP contribution < -0.4 is 0 Å². The topological polar surface area (TPSA) is 0 Å². The van der Waals surface area contributed by atoms with Crippen molar-refractivity contribution >= 4 is 38.5 Å². The van der Waals surface area contributed by atoms with Gasteiger partial charge in [0.05, 0.1) is 0 Å². The molecule has 0 aliphatic rings. The van der Waals surface area contributed by atoms with Gasteiger partial charge in [-0.1, -0.05) is 40.2 Å². The monoisotopic (exact) mass is 422 g/mol. The van der Waals surface area contributed by atoms with Crippen LogP contribution in [0.1, 0.15) is 16.0 Å². The SMILES string of the molecule is Fc1cccc(F)c1CC(Br)c1ccccc1I. The Hall–Kier alpha value is -0.490. The fourth-order valence-corrected chi connectivity index (χ4v) is 3.66. The standard InChI is InChI=1S/C14H10BrF2I/c15-11(9-4-1-2-7-14(9)18)8-10-12(16)5-3-6-13(10)17/h1-7,11H,8H2. The lowest BCUT2D eigenvalue weighted by Gasteiger charge is -2.13. The van der Waals surface area contributed by atoms with E-state index in [9.17, 15) is 8.78 Å². The second kappa shape index (κ2) is 6.10. The van der Waals surface area contributed by atoms with Gasteiger partial charge in [0.1, 0.15) is 11.6 Å². The number of halogens is 4. The van der Waals surface area contributed by atoms with Crippen molar-refractivity contribution in [2.75, 3.05) is 0 Å². The molecule has 0 saturated heterocycles. The quantitative estimate of drug-likeness (QED) is 0.468. The fraction of sp³-hybridized carbons (Fsp3) is 0.143. The highest BCUT2D eigenvalue weighted by atomic mass is 127. The predicted octanol–water partition coefficient (Wildman–Crippen LogP) is 5.25. The molecule has 18 heavy (non-hydrogen) atoms. The van der Waals surface area contributed by atoms with Crippen LogP contribution in [-0.2, 0) is 6.42 Å². The number of alkyl halides is 1. The van der Waals surface area contributed by atoms with Gasteiger partial charge in [-0.25, -0.2) is 8.78 Å². The van der Waals surface area contributed by atoms with Crippen LogP contribution in [0.3, 0.4) is 0 Å². The minimum Gasteiger partial charge on any atom is -0.207 e. The zero-order chi connectivity index (χ0) is 13.1. The zero-order valence-corrected chi connectivity index (χ0v) is 13.1. The fourth-order valence-electron chi connectivity index (χ4n) is 1.75. The number of hydrogen-bond donors (Lipinski definition) is 0. The van der Waals surface area contributed by atoms with Crippen LogP contribution in [0.5, 0.6) is 0 Å². The van der Waals surface area contributed by atoms with E-state index < -0.39 is 11.6 Å². The molecule has 0 amide bonds. The lowest BCUT2D eigenvalue weighted by molar-refractivity contribution is 0.554. The molecule has 0 spiro atoms. The Morgan fingerprint density at radius 2 is 1.61 bits per heavy atom. The molecule has 0 heterocycles. The summed E-state index contributed by atoms with van der Waals surface area (Å²) in [7, 11) is 0. The molecule has 0 aromatic heterocycles. The van der Waals surface area contributed by atoms with Crippen molar-refractivity contribution < 1.29 is 8.78 Å². The molecule has 2 rings (SSSR count). The van der Waals surface area contributed by atoms with Gasteiger partial charge in [0.2, 0.25) is 0 Å². The largest absolute Gasteiger partial charge is 0.207 e. The van der Waals surface area contributed by atoms with E-state index in [2.05, 4.69) is 38.5 Å². The molecule has 0 bridgehead atoms. The molecule has 4 heteroatoms. The molecule has 0 N–H and O–H groups in total. The summed E-state index contributed by atoms with van der Waals surface area (Å²) in [6.45, 7) is 0. The Bertz CT molecular complexity index is 537. The molecular formula is C14H10BrF2I. The van der Waals surface area contributed by atoms with Gasteiger partial charge in [-0.15, -0.1) is 0 Å². The van der Waals surface area contributed by atoms with E-state index in [1.165, 1.54) is 18.2 Å². The van der Waals surface area contributed by atoms with Crippen molar-refractivity contribution in [1.29, 1.82) is 0 Å². The van der Waals surface area contributed by atoms with Gasteiger partial charge in [-0.05, 0) is 52.8 Å². The third kappa shape index (κ3) is 3.09. The first-order valence-corrected chi connectivity index (χ1v) is 7.40. The van der Waals surface area contributed by atoms with Crippen molar-refractivity contribution in [3.05, 3.63) is 68.8 Å². The van der Waals surface area contributed by atoms with E-state index in [4.69, 9.17) is 0 Å². The summed E-state index contributed by atoms with van der Waals surface area (Å²) in [4.78, 5) is -0.100. The minimum absolute atomic E-state index is 0.100. The number of rotatable bonds is 3. The molecule has 94 valence electrons. The van der Waals surface area contributed by atoms with Crippen molar-refractivity contribution in [1.82, 2.24) is 0 Å². The lowest BCUT2D eigenvalue weighted by atomic mass is 10.0. The summed E-state index contributed by atoms with van der Waals surface area (Å²) in [6, 6.07) is 11.7. The normalized spacial score (nSPS) is 12.4. The molecule has 0 saturated carbocycles. The molecule has 0 aliphatic heterocycles. The molecule has 2 aromatic rings. The average molecular weight is 423 g/mol. The summed E-state index contributed by atoms with van der Waals surface area (Å²) >= 11 is 5.72. The van der Waals surface area contributed by atoms with E-state index in [1.807, 2.05) is 24.3 Å². The van der Waals surface area contributed by atoms with Gasteiger partial charge in [-0.2, -0.15) is 0 Å². The first-order chi connectivity index (χ1) is 8.59. The van der Waals surface area contributed by atoms with Gasteiger partial charge in [0.15, 0.2) is 0 Å². The summed E-state index contributed by atoms with van der Waals surface area (Å²) in [6.07, 6.45) is 0.290. The highest BCUT2D eigenvalue weighted by molar-refractivity contribution is 14.1. The Labute approximate surface area is 127 Å². The lowest BCUT2D eigenvalue weighted by Crippen LogP contribution is -2.02. The number of hydrogen-bond acceptors (Lipinski definition) is 0. The van der Waals surface area contributed by atoms with Crippen molar-refractivity contribution in [3.63, 3.8) is 0 Å². The van der Waals surface area contributed by atoms with E-state index >= 15 is 0 Å². The molecule has 1 unspecified atom stereocenters. The maximum Gasteiger partial charge on any atom is 0.129 e. The van der Waals surface area contributed by atoms with Gasteiger partial charge in [0, 0.05) is 14.0 Å². The summed E-state index contributed by atoms with van der Waals surface area (Å²) < 4.78 is 28.2. The van der Waals surface area contributed by atoms with E-state index in [-0.39, 0.29) is 10.4 Å². The molecule has 1 atom stereocenters. The highest BCUT2D eigenvalue weighted by Gasteiger charge is 2.16. The van der Waals surface area contributed by atoms with E-state index in [1.54, 1.807) is 0 Å². The second-order valence-corrected chi connectivity index (χ2v) is 6.16. The molecule has 0 aliphatic carbocycles. The molecule has 0 fully saturated rings. The van der Waals surface area contributed by atoms with E-state index in [0.717, 1.165) is 9.13 Å². The maximum atomic E-state index is 13.6. The van der Waals surface area contributed by atoms with Gasteiger partial charge < -0.3 is 0 Å². The maximum absolute atomic E-state index is 13.6. The van der Waals surface area contributed by atoms with Crippen molar-refractivity contribution in [2.45, 2.75) is 11.2 Å². The Balaban J connectivity index is 2.27. The van der Waals surface area contributed by atoms with Crippen LogP contribution in [0.15, 0.2) is 42.5 Å². The zero-order valence-electron chi connectivity index (χ0n) is 9.34. The van der Waals surface area contributed by atoms with Crippen LogP contribution >= 0.6 is 38.5 Å².